The molecule has 0 aromatic heterocycles. The highest BCUT2D eigenvalue weighted by atomic mass is 19.1. The Kier molecular flexibility index (Phi) is 3.04. The van der Waals surface area contributed by atoms with Gasteiger partial charge in [-0.05, 0) is 18.9 Å². The standard InChI is InChI=1S/C14H17FN2O/c15-12-3-1-2-4-13(12)16-7-9-17(10-8-16)14(18)11-5-6-11/h1-4,11H,5-10H2/p+1. The minimum Gasteiger partial charge on any atom is -0.331 e. The molecule has 0 atom stereocenters. The van der Waals surface area contributed by atoms with Gasteiger partial charge in [0.15, 0.2) is 11.5 Å². The van der Waals surface area contributed by atoms with Crippen molar-refractivity contribution in [3.63, 3.8) is 0 Å². The van der Waals surface area contributed by atoms with E-state index in [1.807, 2.05) is 17.0 Å². The van der Waals surface area contributed by atoms with Crippen LogP contribution < -0.4 is 4.90 Å². The molecule has 1 saturated carbocycles. The van der Waals surface area contributed by atoms with E-state index in [1.165, 1.54) is 6.07 Å². The number of hydrogen-bond donors (Lipinski definition) is 1. The molecular weight excluding hydrogens is 231 g/mol. The Morgan fingerprint density at radius 3 is 2.50 bits per heavy atom. The first-order chi connectivity index (χ1) is 8.75. The predicted octanol–water partition coefficient (Wildman–Crippen LogP) is 0.594. The molecule has 1 aromatic rings. The van der Waals surface area contributed by atoms with Crippen molar-refractivity contribution >= 4 is 11.6 Å². The quantitative estimate of drug-likeness (QED) is 0.815. The first-order valence-corrected chi connectivity index (χ1v) is 6.64. The van der Waals surface area contributed by atoms with Crippen molar-refractivity contribution in [2.24, 2.45) is 5.92 Å². The van der Waals surface area contributed by atoms with E-state index in [4.69, 9.17) is 0 Å². The number of quaternary nitrogens is 1. The molecule has 0 radical (unpaired) electrons. The smallest absolute Gasteiger partial charge is 0.226 e. The van der Waals surface area contributed by atoms with Crippen molar-refractivity contribution < 1.29 is 14.1 Å². The fourth-order valence-corrected chi connectivity index (χ4v) is 2.60. The van der Waals surface area contributed by atoms with Crippen molar-refractivity contribution in [3.8, 4) is 0 Å². The van der Waals surface area contributed by atoms with Gasteiger partial charge < -0.3 is 4.90 Å². The van der Waals surface area contributed by atoms with E-state index < -0.39 is 0 Å². The van der Waals surface area contributed by atoms with E-state index in [2.05, 4.69) is 0 Å². The highest BCUT2D eigenvalue weighted by Crippen LogP contribution is 2.30. The maximum atomic E-state index is 13.7. The Labute approximate surface area is 106 Å². The molecule has 96 valence electrons. The Morgan fingerprint density at radius 2 is 1.89 bits per heavy atom. The van der Waals surface area contributed by atoms with E-state index in [9.17, 15) is 9.18 Å². The van der Waals surface area contributed by atoms with E-state index in [-0.39, 0.29) is 5.82 Å². The second-order valence-corrected chi connectivity index (χ2v) is 5.18. The first-order valence-electron chi connectivity index (χ1n) is 6.64. The highest BCUT2D eigenvalue weighted by Gasteiger charge is 2.35. The lowest BCUT2D eigenvalue weighted by atomic mass is 10.2. The molecule has 1 heterocycles. The molecule has 1 amide bonds. The third kappa shape index (κ3) is 2.25. The molecule has 2 fully saturated rings. The first kappa shape index (κ1) is 11.7. The van der Waals surface area contributed by atoms with Crippen LogP contribution in [-0.2, 0) is 4.79 Å². The lowest BCUT2D eigenvalue weighted by Crippen LogP contribution is -3.10. The lowest BCUT2D eigenvalue weighted by Gasteiger charge is -2.32. The average molecular weight is 249 g/mol. The van der Waals surface area contributed by atoms with Crippen LogP contribution in [0.3, 0.4) is 0 Å². The molecule has 4 heteroatoms. The van der Waals surface area contributed by atoms with E-state index in [0.29, 0.717) is 11.8 Å². The van der Waals surface area contributed by atoms with Crippen LogP contribution in [0, 0.1) is 11.7 Å². The normalized spacial score (nSPS) is 21.1. The molecule has 1 aliphatic heterocycles. The van der Waals surface area contributed by atoms with Gasteiger partial charge in [0.05, 0.1) is 26.2 Å². The minimum absolute atomic E-state index is 0.144. The third-order valence-electron chi connectivity index (χ3n) is 3.86. The third-order valence-corrected chi connectivity index (χ3v) is 3.86. The summed E-state index contributed by atoms with van der Waals surface area (Å²) in [4.78, 5) is 15.0. The average Bonchev–Trinajstić information content (AvgIpc) is 3.23. The summed E-state index contributed by atoms with van der Waals surface area (Å²) in [6.07, 6.45) is 2.11. The van der Waals surface area contributed by atoms with Gasteiger partial charge >= 0.3 is 0 Å². The Morgan fingerprint density at radius 1 is 1.22 bits per heavy atom. The second-order valence-electron chi connectivity index (χ2n) is 5.18. The molecule has 1 aliphatic carbocycles. The number of nitrogens with zero attached hydrogens (tertiary/aromatic N) is 1. The molecule has 18 heavy (non-hydrogen) atoms. The summed E-state index contributed by atoms with van der Waals surface area (Å²) in [5.41, 5.74) is 0.732. The van der Waals surface area contributed by atoms with Gasteiger partial charge in [0, 0.05) is 12.0 Å². The summed E-state index contributed by atoms with van der Waals surface area (Å²) in [7, 11) is 0. The van der Waals surface area contributed by atoms with Gasteiger partial charge in [0.25, 0.3) is 0 Å². The highest BCUT2D eigenvalue weighted by molar-refractivity contribution is 5.81. The summed E-state index contributed by atoms with van der Waals surface area (Å²) < 4.78 is 13.7. The van der Waals surface area contributed by atoms with Crippen LogP contribution >= 0.6 is 0 Å². The topological polar surface area (TPSA) is 24.8 Å². The van der Waals surface area contributed by atoms with Gasteiger partial charge in [-0.3, -0.25) is 9.69 Å². The fraction of sp³-hybridized carbons (Fsp3) is 0.500. The van der Waals surface area contributed by atoms with E-state index in [0.717, 1.165) is 49.6 Å². The molecule has 0 unspecified atom stereocenters. The van der Waals surface area contributed by atoms with Crippen LogP contribution in [0.25, 0.3) is 0 Å². The van der Waals surface area contributed by atoms with Crippen molar-refractivity contribution in [1.82, 2.24) is 4.90 Å². The molecule has 1 saturated heterocycles. The largest absolute Gasteiger partial charge is 0.331 e. The van der Waals surface area contributed by atoms with Gasteiger partial charge in [-0.1, -0.05) is 12.1 Å². The second kappa shape index (κ2) is 4.69. The zero-order valence-corrected chi connectivity index (χ0v) is 10.4. The number of carbonyl (C=O) groups excluding carboxylic acids is 1. The minimum atomic E-state index is -0.144. The van der Waals surface area contributed by atoms with Gasteiger partial charge in [0.1, 0.15) is 0 Å². The maximum Gasteiger partial charge on any atom is 0.226 e. The number of carbonyl (C=O) groups is 1. The Hall–Kier alpha value is -1.42. The van der Waals surface area contributed by atoms with Crippen LogP contribution in [-0.4, -0.2) is 37.0 Å². The van der Waals surface area contributed by atoms with Gasteiger partial charge in [0.2, 0.25) is 5.91 Å². The number of amides is 1. The number of benzene rings is 1. The molecule has 2 aliphatic rings. The molecule has 3 nitrogen and oxygen atoms in total. The molecule has 3 rings (SSSR count). The fourth-order valence-electron chi connectivity index (χ4n) is 2.60. The van der Waals surface area contributed by atoms with Crippen molar-refractivity contribution in [1.29, 1.82) is 0 Å². The van der Waals surface area contributed by atoms with Crippen LogP contribution in [0.1, 0.15) is 12.8 Å². The number of piperazine rings is 1. The number of rotatable bonds is 2. The SMILES string of the molecule is O=C(C1CC1)N1CC[NH+](c2ccccc2F)CC1. The monoisotopic (exact) mass is 249 g/mol. The van der Waals surface area contributed by atoms with Crippen molar-refractivity contribution in [2.45, 2.75) is 12.8 Å². The molecule has 0 bridgehead atoms. The zero-order chi connectivity index (χ0) is 12.5. The maximum absolute atomic E-state index is 13.7. The van der Waals surface area contributed by atoms with Crippen molar-refractivity contribution in [3.05, 3.63) is 30.1 Å². The zero-order valence-electron chi connectivity index (χ0n) is 10.4. The summed E-state index contributed by atoms with van der Waals surface area (Å²) in [6.45, 7) is 3.11. The predicted molar refractivity (Wildman–Crippen MR) is 66.1 cm³/mol. The molecule has 1 aromatic carbocycles. The van der Waals surface area contributed by atoms with Crippen LogP contribution in [0.2, 0.25) is 0 Å². The Balaban J connectivity index is 1.63. The molecular formula is C14H18FN2O+. The summed E-state index contributed by atoms with van der Waals surface area (Å²) in [5, 5.41) is 0. The Bertz CT molecular complexity index is 451. The van der Waals surface area contributed by atoms with Crippen LogP contribution in [0.4, 0.5) is 10.1 Å². The number of halogens is 1. The molecule has 1 N–H and O–H groups in total. The summed E-state index contributed by atoms with van der Waals surface area (Å²) in [6, 6.07) is 6.92. The van der Waals surface area contributed by atoms with Gasteiger partial charge in [-0.15, -0.1) is 0 Å². The lowest BCUT2D eigenvalue weighted by molar-refractivity contribution is -0.838. The van der Waals surface area contributed by atoms with Crippen LogP contribution in [0.5, 0.6) is 0 Å². The number of nitrogens with one attached hydrogen (secondary N) is 1. The van der Waals surface area contributed by atoms with Gasteiger partial charge in [-0.25, -0.2) is 4.39 Å². The number of hydrogen-bond acceptors (Lipinski definition) is 1. The summed E-state index contributed by atoms with van der Waals surface area (Å²) in [5.74, 6) is 0.456. The van der Waals surface area contributed by atoms with E-state index >= 15 is 0 Å². The summed E-state index contributed by atoms with van der Waals surface area (Å²) >= 11 is 0. The molecule has 0 spiro atoms. The van der Waals surface area contributed by atoms with Crippen molar-refractivity contribution in [2.75, 3.05) is 26.2 Å². The van der Waals surface area contributed by atoms with Crippen LogP contribution in [0.15, 0.2) is 24.3 Å². The van der Waals surface area contributed by atoms with Gasteiger partial charge in [-0.2, -0.15) is 0 Å². The van der Waals surface area contributed by atoms with E-state index in [1.54, 1.807) is 6.07 Å². The number of para-hydroxylation sites is 1.